The molecule has 1 N–H and O–H groups in total. The molecule has 1 aromatic rings. The average molecular weight is 380 g/mol. The molecule has 1 aliphatic heterocycles. The third kappa shape index (κ3) is 5.33. The lowest BCUT2D eigenvalue weighted by Crippen LogP contribution is -2.41. The van der Waals surface area contributed by atoms with E-state index in [9.17, 15) is 26.4 Å². The van der Waals surface area contributed by atoms with E-state index in [1.165, 1.54) is 0 Å². The highest BCUT2D eigenvalue weighted by molar-refractivity contribution is 7.92. The summed E-state index contributed by atoms with van der Waals surface area (Å²) in [6, 6.07) is 3.81. The number of alkyl halides is 3. The van der Waals surface area contributed by atoms with Gasteiger partial charge in [0.05, 0.1) is 24.1 Å². The lowest BCUT2D eigenvalue weighted by molar-refractivity contribution is -0.137. The highest BCUT2D eigenvalue weighted by atomic mass is 32.2. The van der Waals surface area contributed by atoms with Gasteiger partial charge in [0, 0.05) is 13.2 Å². The molecule has 140 valence electrons. The minimum Gasteiger partial charge on any atom is -0.368 e. The molecule has 1 fully saturated rings. The van der Waals surface area contributed by atoms with E-state index in [4.69, 9.17) is 4.74 Å². The Kier molecular flexibility index (Phi) is 5.94. The number of ether oxygens (including phenoxy) is 1. The molecule has 0 radical (unpaired) electrons. The fraction of sp³-hybridized carbons (Fsp3) is 0.533. The second-order valence-corrected chi connectivity index (χ2v) is 7.58. The molecule has 0 aliphatic carbocycles. The van der Waals surface area contributed by atoms with Gasteiger partial charge >= 0.3 is 6.18 Å². The van der Waals surface area contributed by atoms with Crippen LogP contribution in [-0.4, -0.2) is 46.4 Å². The van der Waals surface area contributed by atoms with E-state index in [2.05, 4.69) is 5.32 Å². The summed E-state index contributed by atoms with van der Waals surface area (Å²) in [5.41, 5.74) is -0.766. The van der Waals surface area contributed by atoms with E-state index >= 15 is 0 Å². The van der Waals surface area contributed by atoms with Gasteiger partial charge in [-0.15, -0.1) is 0 Å². The van der Waals surface area contributed by atoms with Gasteiger partial charge in [-0.25, -0.2) is 8.42 Å². The molecule has 10 heteroatoms. The van der Waals surface area contributed by atoms with Crippen LogP contribution in [0, 0.1) is 0 Å². The molecule has 1 unspecified atom stereocenters. The minimum atomic E-state index is -4.50. The number of anilines is 1. The van der Waals surface area contributed by atoms with E-state index < -0.39 is 27.9 Å². The maximum absolute atomic E-state index is 12.6. The molecule has 25 heavy (non-hydrogen) atoms. The summed E-state index contributed by atoms with van der Waals surface area (Å²) in [6.45, 7) is 0.439. The number of halogens is 3. The molecule has 0 aromatic heterocycles. The second-order valence-electron chi connectivity index (χ2n) is 5.67. The number of benzene rings is 1. The summed E-state index contributed by atoms with van der Waals surface area (Å²) in [6.07, 6.45) is -2.67. The highest BCUT2D eigenvalue weighted by Crippen LogP contribution is 2.30. The molecule has 2 rings (SSSR count). The summed E-state index contributed by atoms with van der Waals surface area (Å²) in [7, 11) is -3.71. The van der Waals surface area contributed by atoms with E-state index in [0.717, 1.165) is 41.2 Å². The van der Waals surface area contributed by atoms with Crippen LogP contribution in [-0.2, 0) is 25.7 Å². The predicted octanol–water partition coefficient (Wildman–Crippen LogP) is 1.77. The number of carbonyl (C=O) groups excluding carboxylic acids is 1. The third-order valence-electron chi connectivity index (χ3n) is 3.72. The van der Waals surface area contributed by atoms with Gasteiger partial charge in [0.25, 0.3) is 0 Å². The maximum Gasteiger partial charge on any atom is 0.416 e. The van der Waals surface area contributed by atoms with Crippen molar-refractivity contribution >= 4 is 21.6 Å². The van der Waals surface area contributed by atoms with Crippen LogP contribution in [0.15, 0.2) is 24.3 Å². The number of sulfonamides is 1. The van der Waals surface area contributed by atoms with E-state index in [1.807, 2.05) is 0 Å². The Balaban J connectivity index is 2.03. The number of nitrogens with one attached hydrogen (secondary N) is 1. The molecule has 1 aromatic carbocycles. The van der Waals surface area contributed by atoms with Crippen LogP contribution in [0.5, 0.6) is 0 Å². The van der Waals surface area contributed by atoms with Gasteiger partial charge in [0.2, 0.25) is 15.9 Å². The summed E-state index contributed by atoms with van der Waals surface area (Å²) >= 11 is 0. The highest BCUT2D eigenvalue weighted by Gasteiger charge is 2.30. The van der Waals surface area contributed by atoms with Crippen LogP contribution in [0.4, 0.5) is 18.9 Å². The average Bonchev–Trinajstić information content (AvgIpc) is 3.04. The smallest absolute Gasteiger partial charge is 0.368 e. The summed E-state index contributed by atoms with van der Waals surface area (Å²) in [5.74, 6) is -0.321. The Morgan fingerprint density at radius 1 is 1.32 bits per heavy atom. The molecule has 6 nitrogen and oxygen atoms in total. The van der Waals surface area contributed by atoms with Crippen LogP contribution in [0.1, 0.15) is 18.4 Å². The van der Waals surface area contributed by atoms with Crippen molar-refractivity contribution in [1.29, 1.82) is 0 Å². The van der Waals surface area contributed by atoms with Gasteiger partial charge in [-0.05, 0) is 37.1 Å². The Morgan fingerprint density at radius 3 is 2.44 bits per heavy atom. The molecule has 1 heterocycles. The molecular weight excluding hydrogens is 361 g/mol. The van der Waals surface area contributed by atoms with Crippen molar-refractivity contribution in [2.24, 2.45) is 0 Å². The number of rotatable bonds is 6. The standard InChI is InChI=1S/C15H19F3N2O4S/c1-25(22,23)20(9-8-19-14(21)13-3-2-10-24-13)12-6-4-11(5-7-12)15(16,17)18/h4-7,13H,2-3,8-10H2,1H3,(H,19,21). The van der Waals surface area contributed by atoms with Crippen molar-refractivity contribution in [2.75, 3.05) is 30.3 Å². The van der Waals surface area contributed by atoms with Gasteiger partial charge in [-0.2, -0.15) is 13.2 Å². The van der Waals surface area contributed by atoms with Crippen molar-refractivity contribution < 1.29 is 31.1 Å². The predicted molar refractivity (Wildman–Crippen MR) is 85.6 cm³/mol. The van der Waals surface area contributed by atoms with Crippen LogP contribution >= 0.6 is 0 Å². The summed E-state index contributed by atoms with van der Waals surface area (Å²) < 4.78 is 67.8. The van der Waals surface area contributed by atoms with Crippen LogP contribution in [0.3, 0.4) is 0 Å². The van der Waals surface area contributed by atoms with Crippen molar-refractivity contribution in [3.63, 3.8) is 0 Å². The number of amides is 1. The normalized spacial score (nSPS) is 18.2. The van der Waals surface area contributed by atoms with Crippen LogP contribution in [0.2, 0.25) is 0 Å². The van der Waals surface area contributed by atoms with Crippen LogP contribution < -0.4 is 9.62 Å². The molecule has 0 spiro atoms. The first-order valence-electron chi connectivity index (χ1n) is 7.63. The van der Waals surface area contributed by atoms with Gasteiger partial charge in [-0.3, -0.25) is 9.10 Å². The second kappa shape index (κ2) is 7.61. The third-order valence-corrected chi connectivity index (χ3v) is 4.91. The van der Waals surface area contributed by atoms with E-state index in [-0.39, 0.29) is 24.7 Å². The van der Waals surface area contributed by atoms with Crippen molar-refractivity contribution in [1.82, 2.24) is 5.32 Å². The summed E-state index contributed by atoms with van der Waals surface area (Å²) in [5, 5.41) is 2.58. The van der Waals surface area contributed by atoms with Gasteiger partial charge in [0.1, 0.15) is 6.10 Å². The quantitative estimate of drug-likeness (QED) is 0.816. The Labute approximate surface area is 144 Å². The number of hydrogen-bond acceptors (Lipinski definition) is 4. The zero-order chi connectivity index (χ0) is 18.7. The molecule has 1 saturated heterocycles. The van der Waals surface area contributed by atoms with Gasteiger partial charge in [0.15, 0.2) is 0 Å². The maximum atomic E-state index is 12.6. The molecule has 1 amide bonds. The minimum absolute atomic E-state index is 0.0206. The Hall–Kier alpha value is -1.81. The largest absolute Gasteiger partial charge is 0.416 e. The monoisotopic (exact) mass is 380 g/mol. The van der Waals surface area contributed by atoms with Crippen molar-refractivity contribution in [3.8, 4) is 0 Å². The fourth-order valence-corrected chi connectivity index (χ4v) is 3.41. The number of nitrogens with zero attached hydrogens (tertiary/aromatic N) is 1. The zero-order valence-electron chi connectivity index (χ0n) is 13.5. The first-order chi connectivity index (χ1) is 11.6. The first-order valence-corrected chi connectivity index (χ1v) is 9.48. The molecule has 0 bridgehead atoms. The Morgan fingerprint density at radius 2 is 1.96 bits per heavy atom. The van der Waals surface area contributed by atoms with Crippen molar-refractivity contribution in [2.45, 2.75) is 25.1 Å². The fourth-order valence-electron chi connectivity index (χ4n) is 2.48. The van der Waals surface area contributed by atoms with Gasteiger partial charge in [-0.1, -0.05) is 0 Å². The van der Waals surface area contributed by atoms with Gasteiger partial charge < -0.3 is 10.1 Å². The molecule has 1 aliphatic rings. The van der Waals surface area contributed by atoms with E-state index in [1.54, 1.807) is 0 Å². The summed E-state index contributed by atoms with van der Waals surface area (Å²) in [4.78, 5) is 11.8. The van der Waals surface area contributed by atoms with Crippen molar-refractivity contribution in [3.05, 3.63) is 29.8 Å². The lowest BCUT2D eigenvalue weighted by Gasteiger charge is -2.23. The first kappa shape index (κ1) is 19.5. The zero-order valence-corrected chi connectivity index (χ0v) is 14.4. The molecule has 1 atom stereocenters. The molecule has 0 saturated carbocycles. The lowest BCUT2D eigenvalue weighted by atomic mass is 10.2. The van der Waals surface area contributed by atoms with Crippen LogP contribution in [0.25, 0.3) is 0 Å². The van der Waals surface area contributed by atoms with E-state index in [0.29, 0.717) is 13.0 Å². The number of hydrogen-bond donors (Lipinski definition) is 1. The molecular formula is C15H19F3N2O4S. The Bertz CT molecular complexity index is 698. The SMILES string of the molecule is CS(=O)(=O)N(CCNC(=O)C1CCCO1)c1ccc(C(F)(F)F)cc1. The number of carbonyl (C=O) groups is 1. The topological polar surface area (TPSA) is 75.7 Å².